The normalized spacial score (nSPS) is 10.9. The van der Waals surface area contributed by atoms with E-state index >= 15 is 0 Å². The van der Waals surface area contributed by atoms with Gasteiger partial charge in [0.25, 0.3) is 0 Å². The Hall–Kier alpha value is -0.610. The van der Waals surface area contributed by atoms with Crippen molar-refractivity contribution in [3.8, 4) is 0 Å². The molecule has 2 aromatic rings. The summed E-state index contributed by atoms with van der Waals surface area (Å²) in [5.74, 6) is 0.541. The molecule has 0 aliphatic carbocycles. The standard InChI is InChI=1S/C8H7BrClN3/c9-6-2-1-3-7-8(6)13(5-4-10)12-11-7/h1-3H,4-5H2. The highest BCUT2D eigenvalue weighted by atomic mass is 79.9. The maximum absolute atomic E-state index is 5.64. The van der Waals surface area contributed by atoms with Crippen LogP contribution < -0.4 is 0 Å². The summed E-state index contributed by atoms with van der Waals surface area (Å²) in [6.07, 6.45) is 0. The molecular weight excluding hydrogens is 253 g/mol. The third-order valence-corrected chi connectivity index (χ3v) is 2.59. The molecule has 0 amide bonds. The fourth-order valence-electron chi connectivity index (χ4n) is 1.22. The Labute approximate surface area is 88.8 Å². The van der Waals surface area contributed by atoms with Crippen LogP contribution in [-0.4, -0.2) is 20.9 Å². The van der Waals surface area contributed by atoms with E-state index in [-0.39, 0.29) is 0 Å². The number of halogens is 2. The summed E-state index contributed by atoms with van der Waals surface area (Å²) in [5.41, 5.74) is 1.89. The molecule has 1 aromatic carbocycles. The molecule has 0 radical (unpaired) electrons. The van der Waals surface area contributed by atoms with Crippen molar-refractivity contribution < 1.29 is 0 Å². The minimum atomic E-state index is 0.541. The van der Waals surface area contributed by atoms with Crippen LogP contribution >= 0.6 is 27.5 Å². The first kappa shape index (κ1) is 8.97. The summed E-state index contributed by atoms with van der Waals surface area (Å²) in [6.45, 7) is 0.681. The van der Waals surface area contributed by atoms with Crippen molar-refractivity contribution in [1.82, 2.24) is 15.0 Å². The van der Waals surface area contributed by atoms with Gasteiger partial charge in [0, 0.05) is 10.4 Å². The van der Waals surface area contributed by atoms with Crippen LogP contribution in [0.15, 0.2) is 22.7 Å². The predicted molar refractivity (Wildman–Crippen MR) is 55.9 cm³/mol. The molecule has 2 rings (SSSR count). The van der Waals surface area contributed by atoms with E-state index in [1.807, 2.05) is 18.2 Å². The van der Waals surface area contributed by atoms with E-state index in [2.05, 4.69) is 26.2 Å². The van der Waals surface area contributed by atoms with Gasteiger partial charge in [0.15, 0.2) is 0 Å². The minimum Gasteiger partial charge on any atom is -0.242 e. The molecule has 0 unspecified atom stereocenters. The number of nitrogens with zero attached hydrogens (tertiary/aromatic N) is 3. The Balaban J connectivity index is 2.64. The van der Waals surface area contributed by atoms with Crippen LogP contribution in [0.5, 0.6) is 0 Å². The minimum absolute atomic E-state index is 0.541. The molecule has 0 N–H and O–H groups in total. The average molecular weight is 261 g/mol. The smallest absolute Gasteiger partial charge is 0.114 e. The number of alkyl halides is 1. The zero-order chi connectivity index (χ0) is 9.26. The number of aromatic nitrogens is 3. The highest BCUT2D eigenvalue weighted by molar-refractivity contribution is 9.10. The maximum atomic E-state index is 5.64. The van der Waals surface area contributed by atoms with Crippen LogP contribution in [0.25, 0.3) is 11.0 Å². The van der Waals surface area contributed by atoms with Gasteiger partial charge in [-0.2, -0.15) is 0 Å². The van der Waals surface area contributed by atoms with Crippen LogP contribution in [0.3, 0.4) is 0 Å². The van der Waals surface area contributed by atoms with Gasteiger partial charge in [-0.1, -0.05) is 11.3 Å². The van der Waals surface area contributed by atoms with Crippen molar-refractivity contribution >= 4 is 38.6 Å². The van der Waals surface area contributed by atoms with Gasteiger partial charge in [-0.15, -0.1) is 16.7 Å². The summed E-state index contributed by atoms with van der Waals surface area (Å²) in [6, 6.07) is 5.83. The summed E-state index contributed by atoms with van der Waals surface area (Å²) >= 11 is 9.09. The third-order valence-electron chi connectivity index (χ3n) is 1.78. The van der Waals surface area contributed by atoms with Gasteiger partial charge < -0.3 is 0 Å². The lowest BCUT2D eigenvalue weighted by Crippen LogP contribution is -2.01. The number of benzene rings is 1. The lowest BCUT2D eigenvalue weighted by Gasteiger charge is -1.99. The van der Waals surface area contributed by atoms with Crippen molar-refractivity contribution in [2.45, 2.75) is 6.54 Å². The van der Waals surface area contributed by atoms with Crippen LogP contribution in [0.1, 0.15) is 0 Å². The second-order valence-corrected chi connectivity index (χ2v) is 3.84. The molecule has 5 heteroatoms. The van der Waals surface area contributed by atoms with Crippen LogP contribution in [0.4, 0.5) is 0 Å². The molecule has 1 aromatic heterocycles. The number of aryl methyl sites for hydroxylation is 1. The molecule has 13 heavy (non-hydrogen) atoms. The summed E-state index contributed by atoms with van der Waals surface area (Å²) < 4.78 is 2.80. The SMILES string of the molecule is ClCCn1nnc2cccc(Br)c21. The first-order valence-corrected chi connectivity index (χ1v) is 5.19. The molecule has 0 saturated heterocycles. The van der Waals surface area contributed by atoms with Gasteiger partial charge in [-0.25, -0.2) is 4.68 Å². The lowest BCUT2D eigenvalue weighted by molar-refractivity contribution is 0.649. The molecule has 0 spiro atoms. The van der Waals surface area contributed by atoms with Crippen LogP contribution in [-0.2, 0) is 6.54 Å². The number of rotatable bonds is 2. The van der Waals surface area contributed by atoms with Crippen molar-refractivity contribution in [2.75, 3.05) is 5.88 Å². The molecule has 0 aliphatic heterocycles. The molecule has 0 atom stereocenters. The van der Waals surface area contributed by atoms with Gasteiger partial charge in [0.1, 0.15) is 11.0 Å². The number of fused-ring (bicyclic) bond motifs is 1. The highest BCUT2D eigenvalue weighted by Crippen LogP contribution is 2.21. The predicted octanol–water partition coefficient (Wildman–Crippen LogP) is 2.43. The van der Waals surface area contributed by atoms with Crippen molar-refractivity contribution in [3.05, 3.63) is 22.7 Å². The second-order valence-electron chi connectivity index (χ2n) is 2.61. The van der Waals surface area contributed by atoms with Crippen molar-refractivity contribution in [2.24, 2.45) is 0 Å². The van der Waals surface area contributed by atoms with Gasteiger partial charge in [-0.3, -0.25) is 0 Å². The van der Waals surface area contributed by atoms with Gasteiger partial charge in [-0.05, 0) is 28.1 Å². The Morgan fingerprint density at radius 2 is 2.31 bits per heavy atom. The molecule has 0 bridgehead atoms. The van der Waals surface area contributed by atoms with Crippen LogP contribution in [0, 0.1) is 0 Å². The highest BCUT2D eigenvalue weighted by Gasteiger charge is 2.06. The molecule has 0 fully saturated rings. The molecular formula is C8H7BrClN3. The fraction of sp³-hybridized carbons (Fsp3) is 0.250. The van der Waals surface area contributed by atoms with Crippen molar-refractivity contribution in [1.29, 1.82) is 0 Å². The van der Waals surface area contributed by atoms with E-state index in [1.54, 1.807) is 4.68 Å². The van der Waals surface area contributed by atoms with E-state index in [9.17, 15) is 0 Å². The first-order chi connectivity index (χ1) is 6.33. The molecule has 68 valence electrons. The third kappa shape index (κ3) is 1.56. The summed E-state index contributed by atoms with van der Waals surface area (Å²) in [4.78, 5) is 0. The quantitative estimate of drug-likeness (QED) is 0.777. The van der Waals surface area contributed by atoms with Gasteiger partial charge >= 0.3 is 0 Å². The second kappa shape index (κ2) is 3.64. The number of hydrogen-bond acceptors (Lipinski definition) is 2. The Morgan fingerprint density at radius 1 is 1.46 bits per heavy atom. The fourth-order valence-corrected chi connectivity index (χ4v) is 1.94. The number of para-hydroxylation sites is 1. The zero-order valence-corrected chi connectivity index (χ0v) is 9.09. The van der Waals surface area contributed by atoms with E-state index in [0.717, 1.165) is 15.5 Å². The first-order valence-electron chi connectivity index (χ1n) is 3.86. The summed E-state index contributed by atoms with van der Waals surface area (Å²) in [5, 5.41) is 8.02. The Morgan fingerprint density at radius 3 is 3.08 bits per heavy atom. The monoisotopic (exact) mass is 259 g/mol. The number of hydrogen-bond donors (Lipinski definition) is 0. The van der Waals surface area contributed by atoms with E-state index in [4.69, 9.17) is 11.6 Å². The maximum Gasteiger partial charge on any atom is 0.114 e. The molecule has 1 heterocycles. The molecule has 0 aliphatic rings. The Bertz CT molecular complexity index is 426. The molecule has 0 saturated carbocycles. The largest absolute Gasteiger partial charge is 0.242 e. The van der Waals surface area contributed by atoms with E-state index in [1.165, 1.54) is 0 Å². The average Bonchev–Trinajstić information content (AvgIpc) is 2.51. The zero-order valence-electron chi connectivity index (χ0n) is 6.74. The molecule has 3 nitrogen and oxygen atoms in total. The summed E-state index contributed by atoms with van der Waals surface area (Å²) in [7, 11) is 0. The van der Waals surface area contributed by atoms with Gasteiger partial charge in [0.2, 0.25) is 0 Å². The van der Waals surface area contributed by atoms with Gasteiger partial charge in [0.05, 0.1) is 6.54 Å². The lowest BCUT2D eigenvalue weighted by atomic mass is 10.3. The van der Waals surface area contributed by atoms with E-state index in [0.29, 0.717) is 12.4 Å². The Kier molecular flexibility index (Phi) is 2.51. The van der Waals surface area contributed by atoms with E-state index < -0.39 is 0 Å². The van der Waals surface area contributed by atoms with Crippen LogP contribution in [0.2, 0.25) is 0 Å². The van der Waals surface area contributed by atoms with Crippen molar-refractivity contribution in [3.63, 3.8) is 0 Å². The topological polar surface area (TPSA) is 30.7 Å².